The van der Waals surface area contributed by atoms with E-state index in [4.69, 9.17) is 0 Å². The zero-order valence-electron chi connectivity index (χ0n) is 14.6. The zero-order chi connectivity index (χ0) is 19.5. The molecule has 0 aliphatic heterocycles. The standard InChI is InChI=1S/C18H14FN5OS3/c1-24-16(14-3-2-8-26-14)22-23-18(24)28-10-15(25)21-17-20-13(9-27-17)11-4-6-12(19)7-5-11/h2-9H,10H2,1H3,(H,20,21,25). The van der Waals surface area contributed by atoms with Gasteiger partial charge in [-0.15, -0.1) is 32.9 Å². The van der Waals surface area contributed by atoms with Gasteiger partial charge in [0.05, 0.1) is 16.3 Å². The van der Waals surface area contributed by atoms with Gasteiger partial charge in [0.2, 0.25) is 5.91 Å². The molecule has 1 N–H and O–H groups in total. The molecule has 6 nitrogen and oxygen atoms in total. The molecule has 0 atom stereocenters. The second-order valence-corrected chi connectivity index (χ2v) is 8.47. The summed E-state index contributed by atoms with van der Waals surface area (Å²) in [7, 11) is 1.88. The van der Waals surface area contributed by atoms with Gasteiger partial charge in [-0.1, -0.05) is 17.8 Å². The Morgan fingerprint density at radius 2 is 2.04 bits per heavy atom. The Kier molecular flexibility index (Phi) is 5.51. The summed E-state index contributed by atoms with van der Waals surface area (Å²) in [4.78, 5) is 17.7. The van der Waals surface area contributed by atoms with Gasteiger partial charge in [0.25, 0.3) is 0 Å². The van der Waals surface area contributed by atoms with Crippen LogP contribution in [0, 0.1) is 5.82 Å². The molecule has 0 spiro atoms. The number of nitrogens with one attached hydrogen (secondary N) is 1. The number of thioether (sulfide) groups is 1. The smallest absolute Gasteiger partial charge is 0.236 e. The van der Waals surface area contributed by atoms with Gasteiger partial charge in [0.15, 0.2) is 16.1 Å². The number of hydrogen-bond donors (Lipinski definition) is 1. The molecule has 1 aromatic carbocycles. The van der Waals surface area contributed by atoms with Crippen LogP contribution in [-0.2, 0) is 11.8 Å². The first-order chi connectivity index (χ1) is 13.6. The first-order valence-electron chi connectivity index (χ1n) is 8.17. The second-order valence-electron chi connectivity index (χ2n) is 5.72. The number of thiophene rings is 1. The summed E-state index contributed by atoms with van der Waals surface area (Å²) in [5.41, 5.74) is 1.49. The molecule has 0 aliphatic rings. The van der Waals surface area contributed by atoms with Gasteiger partial charge in [0.1, 0.15) is 5.82 Å². The van der Waals surface area contributed by atoms with E-state index in [9.17, 15) is 9.18 Å². The van der Waals surface area contributed by atoms with Gasteiger partial charge in [0, 0.05) is 18.0 Å². The average Bonchev–Trinajstić information content (AvgIpc) is 3.42. The number of benzene rings is 1. The van der Waals surface area contributed by atoms with Crippen LogP contribution in [0.5, 0.6) is 0 Å². The quantitative estimate of drug-likeness (QED) is 0.454. The highest BCUT2D eigenvalue weighted by molar-refractivity contribution is 7.99. The Morgan fingerprint density at radius 3 is 2.79 bits per heavy atom. The van der Waals surface area contributed by atoms with E-state index in [2.05, 4.69) is 20.5 Å². The van der Waals surface area contributed by atoms with Crippen LogP contribution in [0.25, 0.3) is 22.0 Å². The Bertz CT molecular complexity index is 1090. The normalized spacial score (nSPS) is 10.9. The van der Waals surface area contributed by atoms with Crippen LogP contribution in [0.1, 0.15) is 0 Å². The molecule has 142 valence electrons. The lowest BCUT2D eigenvalue weighted by Crippen LogP contribution is -2.14. The molecule has 3 aromatic heterocycles. The van der Waals surface area contributed by atoms with E-state index in [-0.39, 0.29) is 17.5 Å². The molecule has 4 aromatic rings. The molecule has 0 fully saturated rings. The molecule has 0 saturated carbocycles. The molecule has 0 aliphatic carbocycles. The second kappa shape index (κ2) is 8.21. The number of anilines is 1. The van der Waals surface area contributed by atoms with E-state index >= 15 is 0 Å². The summed E-state index contributed by atoms with van der Waals surface area (Å²) in [6.45, 7) is 0. The van der Waals surface area contributed by atoms with Crippen molar-refractivity contribution >= 4 is 45.5 Å². The predicted molar refractivity (Wildman–Crippen MR) is 111 cm³/mol. The summed E-state index contributed by atoms with van der Waals surface area (Å²) in [6.07, 6.45) is 0. The lowest BCUT2D eigenvalue weighted by atomic mass is 10.2. The number of hydrogen-bond acceptors (Lipinski definition) is 7. The number of carbonyl (C=O) groups is 1. The topological polar surface area (TPSA) is 72.7 Å². The van der Waals surface area contributed by atoms with E-state index < -0.39 is 0 Å². The molecular formula is C18H14FN5OS3. The van der Waals surface area contributed by atoms with Crippen molar-refractivity contribution in [2.75, 3.05) is 11.1 Å². The van der Waals surface area contributed by atoms with Crippen LogP contribution >= 0.6 is 34.4 Å². The molecular weight excluding hydrogens is 417 g/mol. The Balaban J connectivity index is 1.36. The molecule has 0 bridgehead atoms. The van der Waals surface area contributed by atoms with Crippen molar-refractivity contribution in [2.24, 2.45) is 7.05 Å². The third kappa shape index (κ3) is 4.13. The summed E-state index contributed by atoms with van der Waals surface area (Å²) in [5.74, 6) is 0.505. The van der Waals surface area contributed by atoms with Crippen LogP contribution in [0.15, 0.2) is 52.3 Å². The monoisotopic (exact) mass is 431 g/mol. The zero-order valence-corrected chi connectivity index (χ0v) is 17.1. The fourth-order valence-corrected chi connectivity index (χ4v) is 4.62. The number of amides is 1. The number of aromatic nitrogens is 4. The van der Waals surface area contributed by atoms with Crippen molar-refractivity contribution in [2.45, 2.75) is 5.16 Å². The third-order valence-electron chi connectivity index (χ3n) is 3.80. The molecule has 3 heterocycles. The minimum Gasteiger partial charge on any atom is -0.304 e. The molecule has 0 saturated heterocycles. The van der Waals surface area contributed by atoms with Gasteiger partial charge in [-0.3, -0.25) is 4.79 Å². The highest BCUT2D eigenvalue weighted by Gasteiger charge is 2.14. The van der Waals surface area contributed by atoms with E-state index in [0.29, 0.717) is 16.0 Å². The minimum absolute atomic E-state index is 0.175. The highest BCUT2D eigenvalue weighted by atomic mass is 32.2. The summed E-state index contributed by atoms with van der Waals surface area (Å²) in [6, 6.07) is 10.0. The number of halogens is 1. The van der Waals surface area contributed by atoms with Gasteiger partial charge >= 0.3 is 0 Å². The van der Waals surface area contributed by atoms with Crippen LogP contribution < -0.4 is 5.32 Å². The van der Waals surface area contributed by atoms with Crippen LogP contribution in [0.2, 0.25) is 0 Å². The minimum atomic E-state index is -0.296. The van der Waals surface area contributed by atoms with Crippen molar-refractivity contribution in [3.05, 3.63) is 53.0 Å². The van der Waals surface area contributed by atoms with Gasteiger partial charge in [-0.25, -0.2) is 9.37 Å². The Hall–Kier alpha value is -2.56. The first-order valence-corrected chi connectivity index (χ1v) is 10.9. The number of thiazole rings is 1. The number of nitrogens with zero attached hydrogens (tertiary/aromatic N) is 4. The van der Waals surface area contributed by atoms with Gasteiger partial charge in [-0.2, -0.15) is 0 Å². The molecule has 0 unspecified atom stereocenters. The molecule has 4 rings (SSSR count). The summed E-state index contributed by atoms with van der Waals surface area (Å²) >= 11 is 4.23. The fourth-order valence-electron chi connectivity index (χ4n) is 2.43. The lowest BCUT2D eigenvalue weighted by molar-refractivity contribution is -0.113. The van der Waals surface area contributed by atoms with Crippen molar-refractivity contribution in [3.8, 4) is 22.0 Å². The molecule has 0 radical (unpaired) electrons. The maximum Gasteiger partial charge on any atom is 0.236 e. The van der Waals surface area contributed by atoms with Crippen molar-refractivity contribution in [1.82, 2.24) is 19.7 Å². The maximum absolute atomic E-state index is 13.0. The highest BCUT2D eigenvalue weighted by Crippen LogP contribution is 2.27. The van der Waals surface area contributed by atoms with Crippen molar-refractivity contribution in [3.63, 3.8) is 0 Å². The van der Waals surface area contributed by atoms with E-state index in [1.54, 1.807) is 23.5 Å². The van der Waals surface area contributed by atoms with E-state index in [1.165, 1.54) is 35.2 Å². The predicted octanol–water partition coefficient (Wildman–Crippen LogP) is 4.54. The number of carbonyl (C=O) groups excluding carboxylic acids is 1. The van der Waals surface area contributed by atoms with Crippen LogP contribution in [0.4, 0.5) is 9.52 Å². The van der Waals surface area contributed by atoms with E-state index in [0.717, 1.165) is 16.3 Å². The Labute approximate surface area is 172 Å². The largest absolute Gasteiger partial charge is 0.304 e. The van der Waals surface area contributed by atoms with Gasteiger partial charge < -0.3 is 9.88 Å². The summed E-state index contributed by atoms with van der Waals surface area (Å²) in [5, 5.41) is 16.1. The maximum atomic E-state index is 13.0. The van der Waals surface area contributed by atoms with Crippen LogP contribution in [0.3, 0.4) is 0 Å². The average molecular weight is 432 g/mol. The molecule has 10 heteroatoms. The molecule has 28 heavy (non-hydrogen) atoms. The first kappa shape index (κ1) is 18.8. The number of rotatable bonds is 6. The van der Waals surface area contributed by atoms with Gasteiger partial charge in [-0.05, 0) is 35.7 Å². The Morgan fingerprint density at radius 1 is 1.21 bits per heavy atom. The van der Waals surface area contributed by atoms with E-state index in [1.807, 2.05) is 34.5 Å². The third-order valence-corrected chi connectivity index (χ3v) is 6.44. The summed E-state index contributed by atoms with van der Waals surface area (Å²) < 4.78 is 14.9. The SMILES string of the molecule is Cn1c(SCC(=O)Nc2nc(-c3ccc(F)cc3)cs2)nnc1-c1cccs1. The van der Waals surface area contributed by atoms with Crippen molar-refractivity contribution in [1.29, 1.82) is 0 Å². The fraction of sp³-hybridized carbons (Fsp3) is 0.111. The van der Waals surface area contributed by atoms with Crippen LogP contribution in [-0.4, -0.2) is 31.4 Å². The lowest BCUT2D eigenvalue weighted by Gasteiger charge is -2.03. The van der Waals surface area contributed by atoms with Crippen molar-refractivity contribution < 1.29 is 9.18 Å². The molecule has 1 amide bonds.